The maximum Gasteiger partial charge on any atom is 0.352 e. The number of pyridine rings is 1. The summed E-state index contributed by atoms with van der Waals surface area (Å²) in [7, 11) is 1.26. The molecule has 0 radical (unpaired) electrons. The first kappa shape index (κ1) is 33.4. The Hall–Kier alpha value is -4.51. The Morgan fingerprint density at radius 3 is 2.73 bits per heavy atom. The Labute approximate surface area is 290 Å². The minimum Gasteiger partial charge on any atom is -0.477 e. The third kappa shape index (κ3) is 6.00. The number of nitrogens with one attached hydrogen (secondary N) is 1. The van der Waals surface area contributed by atoms with Gasteiger partial charge in [-0.3, -0.25) is 19.9 Å². The van der Waals surface area contributed by atoms with Gasteiger partial charge in [-0.05, 0) is 18.2 Å². The number of rotatable bonds is 11. The Balaban J connectivity index is 1.24. The summed E-state index contributed by atoms with van der Waals surface area (Å²) in [6, 6.07) is 8.06. The number of hydrogen-bond acceptors (Lipinski definition) is 10. The van der Waals surface area contributed by atoms with E-state index in [2.05, 4.69) is 10.1 Å². The molecule has 0 unspecified atom stereocenters. The molecule has 2 atom stereocenters. The standard InChI is InChI=1S/C30H25Cl2FN8O5S2/c1-46-38-22(23-25(32)48-30(36)37-23)21(42)9-15-27(43)41-24(29(44)45)14(12-47-28(15)41)10-39-5-2-3-19-20(39)4-6-40(19)11-16-17(31)7-13(26(34)35)8-18(16)33/h2-8,15,28H,9-12H2,1H3,(H5-,34,35,36,37,44,45)/p+1/b38-22+/t15-,28-/m1/s1. The molecule has 13 nitrogen and oxygen atoms in total. The highest BCUT2D eigenvalue weighted by Crippen LogP contribution is 2.45. The van der Waals surface area contributed by atoms with Gasteiger partial charge in [-0.2, -0.15) is 4.57 Å². The predicted octanol–water partition coefficient (Wildman–Crippen LogP) is 3.63. The number of Topliss-reactive ketones (excluding diaryl/α,β-unsaturated/α-hetero) is 1. The van der Waals surface area contributed by atoms with Crippen molar-refractivity contribution in [3.8, 4) is 0 Å². The second-order valence-electron chi connectivity index (χ2n) is 10.9. The number of nitrogen functional groups attached to an aromatic ring is 2. The van der Waals surface area contributed by atoms with Crippen LogP contribution in [0.15, 0.2) is 59.2 Å². The lowest BCUT2D eigenvalue weighted by atomic mass is 9.89. The van der Waals surface area contributed by atoms with E-state index in [1.807, 2.05) is 16.7 Å². The van der Waals surface area contributed by atoms with E-state index >= 15 is 0 Å². The molecule has 1 fully saturated rings. The van der Waals surface area contributed by atoms with Crippen molar-refractivity contribution in [2.24, 2.45) is 16.8 Å². The molecule has 2 aliphatic rings. The van der Waals surface area contributed by atoms with E-state index < -0.39 is 34.8 Å². The van der Waals surface area contributed by atoms with Gasteiger partial charge in [0.15, 0.2) is 29.4 Å². The maximum atomic E-state index is 14.9. The van der Waals surface area contributed by atoms with Gasteiger partial charge >= 0.3 is 5.97 Å². The molecule has 248 valence electrons. The summed E-state index contributed by atoms with van der Waals surface area (Å²) in [6.07, 6.45) is 3.30. The molecule has 0 spiro atoms. The maximum absolute atomic E-state index is 14.9. The van der Waals surface area contributed by atoms with Crippen molar-refractivity contribution in [3.05, 3.63) is 86.0 Å². The lowest BCUT2D eigenvalue weighted by molar-refractivity contribution is -0.663. The van der Waals surface area contributed by atoms with Gasteiger partial charge in [-0.25, -0.2) is 14.2 Å². The van der Waals surface area contributed by atoms with Gasteiger partial charge in [0, 0.05) is 52.2 Å². The van der Waals surface area contributed by atoms with Crippen molar-refractivity contribution in [1.29, 1.82) is 5.41 Å². The summed E-state index contributed by atoms with van der Waals surface area (Å²) in [6.45, 7) is 0.255. The van der Waals surface area contributed by atoms with Gasteiger partial charge in [-0.15, -0.1) is 11.8 Å². The van der Waals surface area contributed by atoms with Gasteiger partial charge < -0.3 is 26.0 Å². The SMILES string of the molecule is CO/N=C(\C(=O)C[C@@H]1C(=O)N2C(C(=O)O)=C(C[n+]3cccc4c3ccn4Cc3c(F)cc(C(=N)N)cc3Cl)CS[C@H]12)c1nc(N)sc1Cl. The zero-order valence-corrected chi connectivity index (χ0v) is 28.1. The van der Waals surface area contributed by atoms with Crippen LogP contribution in [0.25, 0.3) is 11.0 Å². The second-order valence-corrected chi connectivity index (χ2v) is 14.0. The van der Waals surface area contributed by atoms with E-state index in [9.17, 15) is 23.9 Å². The number of hydrogen-bond donors (Lipinski definition) is 4. The molecule has 5 heterocycles. The fourth-order valence-corrected chi connectivity index (χ4v) is 8.39. The molecule has 2 aliphatic heterocycles. The van der Waals surface area contributed by atoms with E-state index in [1.54, 1.807) is 23.0 Å². The summed E-state index contributed by atoms with van der Waals surface area (Å²) in [5.74, 6) is -3.70. The van der Waals surface area contributed by atoms with Crippen molar-refractivity contribution in [2.75, 3.05) is 18.6 Å². The number of halogens is 3. The average Bonchev–Trinajstić information content (AvgIpc) is 3.61. The number of thioether (sulfide) groups is 1. The van der Waals surface area contributed by atoms with Crippen LogP contribution in [0.3, 0.4) is 0 Å². The highest BCUT2D eigenvalue weighted by atomic mass is 35.5. The topological polar surface area (TPSA) is 194 Å². The number of carbonyl (C=O) groups is 3. The van der Waals surface area contributed by atoms with Gasteiger partial charge in [-0.1, -0.05) is 39.7 Å². The number of aliphatic carboxylic acids is 1. The summed E-state index contributed by atoms with van der Waals surface area (Å²) in [4.78, 5) is 49.3. The first-order valence-corrected chi connectivity index (χ1v) is 16.8. The number of carboxylic acid groups (broad SMARTS) is 1. The molecular weight excluding hydrogens is 706 g/mol. The number of ketones is 1. The van der Waals surface area contributed by atoms with Crippen LogP contribution < -0.4 is 16.0 Å². The molecule has 48 heavy (non-hydrogen) atoms. The quantitative estimate of drug-likeness (QED) is 0.0586. The lowest BCUT2D eigenvalue weighted by Gasteiger charge is -2.49. The third-order valence-corrected chi connectivity index (χ3v) is 10.8. The third-order valence-electron chi connectivity index (χ3n) is 7.99. The van der Waals surface area contributed by atoms with Crippen molar-refractivity contribution < 1.29 is 33.3 Å². The van der Waals surface area contributed by atoms with Crippen LogP contribution in [-0.4, -0.2) is 67.0 Å². The molecule has 0 aliphatic carbocycles. The van der Waals surface area contributed by atoms with E-state index in [0.29, 0.717) is 11.3 Å². The van der Waals surface area contributed by atoms with E-state index in [4.69, 9.17) is 44.9 Å². The summed E-state index contributed by atoms with van der Waals surface area (Å²) < 4.78 is 18.7. The zero-order valence-electron chi connectivity index (χ0n) is 24.9. The Morgan fingerprint density at radius 1 is 1.31 bits per heavy atom. The Bertz CT molecular complexity index is 2070. The first-order valence-electron chi connectivity index (χ1n) is 14.2. The van der Waals surface area contributed by atoms with E-state index in [1.165, 1.54) is 35.9 Å². The summed E-state index contributed by atoms with van der Waals surface area (Å²) >= 11 is 14.9. The van der Waals surface area contributed by atoms with Gasteiger partial charge in [0.05, 0.1) is 17.8 Å². The van der Waals surface area contributed by atoms with Crippen LogP contribution in [0, 0.1) is 17.1 Å². The number of oxime groups is 1. The first-order chi connectivity index (χ1) is 22.9. The smallest absolute Gasteiger partial charge is 0.352 e. The van der Waals surface area contributed by atoms with Crippen LogP contribution in [0.4, 0.5) is 9.52 Å². The number of anilines is 1. The number of thiazole rings is 1. The van der Waals surface area contributed by atoms with Crippen molar-refractivity contribution in [2.45, 2.75) is 24.9 Å². The monoisotopic (exact) mass is 731 g/mol. The molecule has 6 N–H and O–H groups in total. The van der Waals surface area contributed by atoms with Gasteiger partial charge in [0.1, 0.15) is 40.0 Å². The number of amides is 1. The minimum absolute atomic E-state index is 0.0542. The molecule has 1 amide bonds. The Kier molecular flexibility index (Phi) is 9.17. The molecule has 1 aromatic carbocycles. The number of aromatic nitrogens is 3. The predicted molar refractivity (Wildman–Crippen MR) is 180 cm³/mol. The van der Waals surface area contributed by atoms with Crippen LogP contribution in [0.5, 0.6) is 0 Å². The van der Waals surface area contributed by atoms with Crippen LogP contribution in [-0.2, 0) is 32.3 Å². The summed E-state index contributed by atoms with van der Waals surface area (Å²) in [5, 5.41) is 21.3. The van der Waals surface area contributed by atoms with Gasteiger partial charge in [0.2, 0.25) is 11.4 Å². The number of amidine groups is 1. The number of nitrogens with zero attached hydrogens (tertiary/aromatic N) is 5. The van der Waals surface area contributed by atoms with E-state index in [-0.39, 0.29) is 68.1 Å². The highest BCUT2D eigenvalue weighted by molar-refractivity contribution is 8.00. The summed E-state index contributed by atoms with van der Waals surface area (Å²) in [5.41, 5.74) is 13.3. The normalized spacial score (nSPS) is 17.8. The molecule has 1 saturated heterocycles. The number of carbonyl (C=O) groups excluding carboxylic acids is 2. The number of nitrogens with two attached hydrogens (primary N) is 2. The number of carboxylic acids is 1. The lowest BCUT2D eigenvalue weighted by Crippen LogP contribution is -2.62. The average molecular weight is 733 g/mol. The molecule has 0 saturated carbocycles. The van der Waals surface area contributed by atoms with E-state index in [0.717, 1.165) is 22.4 Å². The number of benzene rings is 1. The van der Waals surface area contributed by atoms with Crippen molar-refractivity contribution in [1.82, 2.24) is 14.5 Å². The zero-order chi connectivity index (χ0) is 34.4. The molecule has 18 heteroatoms. The molecule has 3 aromatic heterocycles. The van der Waals surface area contributed by atoms with Crippen molar-refractivity contribution >= 4 is 91.7 Å². The number of fused-ring (bicyclic) bond motifs is 2. The second kappa shape index (κ2) is 13.2. The minimum atomic E-state index is -1.26. The molecular formula is C30H26Cl2FN8O5S2+. The highest BCUT2D eigenvalue weighted by Gasteiger charge is 2.54. The fourth-order valence-electron chi connectivity index (χ4n) is 5.79. The molecule has 0 bridgehead atoms. The Morgan fingerprint density at radius 2 is 2.08 bits per heavy atom. The molecule has 4 aromatic rings. The van der Waals surface area contributed by atoms with Crippen LogP contribution in [0.2, 0.25) is 9.36 Å². The van der Waals surface area contributed by atoms with Crippen LogP contribution in [0.1, 0.15) is 23.2 Å². The fraction of sp³-hybridized carbons (Fsp3) is 0.233. The molecule has 6 rings (SSSR count). The van der Waals surface area contributed by atoms with Crippen LogP contribution >= 0.6 is 46.3 Å². The van der Waals surface area contributed by atoms with Gasteiger partial charge in [0.25, 0.3) is 0 Å². The number of β-lactam (4-membered cyclic amide) rings is 1. The van der Waals surface area contributed by atoms with Crippen molar-refractivity contribution in [3.63, 3.8) is 0 Å². The largest absolute Gasteiger partial charge is 0.477 e.